The second kappa shape index (κ2) is 3.83. The van der Waals surface area contributed by atoms with Crippen LogP contribution in [0.25, 0.3) is 0 Å². The van der Waals surface area contributed by atoms with E-state index in [9.17, 15) is 13.2 Å². The number of hydrogen-bond acceptors (Lipinski definition) is 2. The van der Waals surface area contributed by atoms with Crippen molar-refractivity contribution in [3.63, 3.8) is 0 Å². The molecule has 0 bridgehead atoms. The molecule has 1 atom stereocenters. The fourth-order valence-electron chi connectivity index (χ4n) is 1.24. The quantitative estimate of drug-likeness (QED) is 0.811. The summed E-state index contributed by atoms with van der Waals surface area (Å²) in [5, 5.41) is 8.53. The lowest BCUT2D eigenvalue weighted by Crippen LogP contribution is -2.53. The first kappa shape index (κ1) is 12.0. The zero-order valence-electron chi connectivity index (χ0n) is 8.17. The van der Waals surface area contributed by atoms with E-state index in [0.29, 0.717) is 0 Å². The molecule has 0 aliphatic carbocycles. The van der Waals surface area contributed by atoms with Gasteiger partial charge in [0.1, 0.15) is 18.0 Å². The molecule has 0 spiro atoms. The lowest BCUT2D eigenvalue weighted by molar-refractivity contribution is -0.109. The molecule has 0 fully saturated rings. The lowest BCUT2D eigenvalue weighted by Gasteiger charge is -2.33. The third kappa shape index (κ3) is 1.98. The molecule has 1 rings (SSSR count). The fraction of sp³-hybridized carbons (Fsp3) is 0.400. The van der Waals surface area contributed by atoms with Crippen molar-refractivity contribution in [1.82, 2.24) is 0 Å². The molecule has 3 N–H and O–H groups in total. The summed E-state index contributed by atoms with van der Waals surface area (Å²) in [6.07, 6.45) is 0. The molecule has 15 heavy (non-hydrogen) atoms. The number of aliphatic hydroxyl groups is 1. The van der Waals surface area contributed by atoms with Gasteiger partial charge in [0.05, 0.1) is 0 Å². The molecule has 0 saturated carbocycles. The van der Waals surface area contributed by atoms with E-state index in [0.717, 1.165) is 13.0 Å². The van der Waals surface area contributed by atoms with Crippen LogP contribution in [-0.4, -0.2) is 17.6 Å². The Hall–Kier alpha value is -1.07. The van der Waals surface area contributed by atoms with Crippen LogP contribution in [0.4, 0.5) is 13.2 Å². The van der Waals surface area contributed by atoms with E-state index < -0.39 is 23.9 Å². The third-order valence-electron chi connectivity index (χ3n) is 2.39. The van der Waals surface area contributed by atoms with Gasteiger partial charge in [-0.25, -0.2) is 13.2 Å². The molecule has 0 unspecified atom stereocenters. The van der Waals surface area contributed by atoms with Gasteiger partial charge >= 0.3 is 0 Å². The van der Waals surface area contributed by atoms with Gasteiger partial charge in [-0.15, -0.1) is 0 Å². The molecule has 2 nitrogen and oxygen atoms in total. The van der Waals surface area contributed by atoms with E-state index in [1.165, 1.54) is 18.2 Å². The number of rotatable bonds is 3. The van der Waals surface area contributed by atoms with Gasteiger partial charge in [-0.05, 0) is 13.0 Å². The van der Waals surface area contributed by atoms with Crippen molar-refractivity contribution in [2.45, 2.75) is 18.4 Å². The standard InChI is InChI=1S/C10H12F3NO/c1-9(14,10(12,13)6-15)7-4-2-3-5-8(7)11/h2-5,15H,6,14H2,1H3/t9-/m1/s1. The van der Waals surface area contributed by atoms with Crippen molar-refractivity contribution < 1.29 is 18.3 Å². The van der Waals surface area contributed by atoms with E-state index in [4.69, 9.17) is 10.8 Å². The first-order chi connectivity index (χ1) is 6.83. The molecule has 0 aromatic heterocycles. The van der Waals surface area contributed by atoms with Crippen LogP contribution in [0.5, 0.6) is 0 Å². The Kier molecular flexibility index (Phi) is 3.06. The highest BCUT2D eigenvalue weighted by Gasteiger charge is 2.49. The Balaban J connectivity index is 3.22. The van der Waals surface area contributed by atoms with Gasteiger partial charge in [0.25, 0.3) is 5.92 Å². The minimum absolute atomic E-state index is 0.316. The number of alkyl halides is 2. The van der Waals surface area contributed by atoms with Crippen molar-refractivity contribution >= 4 is 0 Å². The number of nitrogens with two attached hydrogens (primary N) is 1. The maximum absolute atomic E-state index is 13.3. The van der Waals surface area contributed by atoms with Crippen LogP contribution in [0.1, 0.15) is 12.5 Å². The monoisotopic (exact) mass is 219 g/mol. The number of halogens is 3. The zero-order chi connectivity index (χ0) is 11.7. The van der Waals surface area contributed by atoms with Crippen molar-refractivity contribution in [2.75, 3.05) is 6.61 Å². The van der Waals surface area contributed by atoms with Gasteiger partial charge in [-0.3, -0.25) is 0 Å². The lowest BCUT2D eigenvalue weighted by atomic mass is 9.86. The first-order valence-corrected chi connectivity index (χ1v) is 4.35. The van der Waals surface area contributed by atoms with Crippen LogP contribution < -0.4 is 5.73 Å². The fourth-order valence-corrected chi connectivity index (χ4v) is 1.24. The van der Waals surface area contributed by atoms with E-state index in [1.54, 1.807) is 0 Å². The Labute approximate surface area is 85.5 Å². The SMILES string of the molecule is C[C@@](N)(c1ccccc1F)C(F)(F)CO. The summed E-state index contributed by atoms with van der Waals surface area (Å²) >= 11 is 0. The average Bonchev–Trinajstić information content (AvgIpc) is 2.18. The van der Waals surface area contributed by atoms with Crippen molar-refractivity contribution in [3.05, 3.63) is 35.6 Å². The van der Waals surface area contributed by atoms with E-state index in [2.05, 4.69) is 0 Å². The highest BCUT2D eigenvalue weighted by Crippen LogP contribution is 2.35. The highest BCUT2D eigenvalue weighted by atomic mass is 19.3. The van der Waals surface area contributed by atoms with Gasteiger partial charge in [0, 0.05) is 5.56 Å². The summed E-state index contributed by atoms with van der Waals surface area (Å²) in [7, 11) is 0. The molecule has 0 amide bonds. The smallest absolute Gasteiger partial charge is 0.292 e. The molecule has 0 aliphatic rings. The number of aliphatic hydroxyl groups excluding tert-OH is 1. The molecular weight excluding hydrogens is 207 g/mol. The minimum atomic E-state index is -3.57. The topological polar surface area (TPSA) is 46.2 Å². The summed E-state index contributed by atoms with van der Waals surface area (Å²) in [5.74, 6) is -4.38. The molecule has 0 aliphatic heterocycles. The first-order valence-electron chi connectivity index (χ1n) is 4.35. The summed E-state index contributed by atoms with van der Waals surface area (Å²) in [6.45, 7) is -0.435. The molecule has 1 aromatic carbocycles. The van der Waals surface area contributed by atoms with Crippen LogP contribution in [0.3, 0.4) is 0 Å². The Morgan fingerprint density at radius 2 is 1.87 bits per heavy atom. The van der Waals surface area contributed by atoms with Gasteiger partial charge in [-0.1, -0.05) is 18.2 Å². The summed E-state index contributed by atoms with van der Waals surface area (Å²) in [5.41, 5.74) is 2.83. The summed E-state index contributed by atoms with van der Waals surface area (Å²) in [6, 6.07) is 5.02. The number of hydrogen-bond donors (Lipinski definition) is 2. The Morgan fingerprint density at radius 3 is 2.33 bits per heavy atom. The molecule has 0 radical (unpaired) electrons. The van der Waals surface area contributed by atoms with Crippen LogP contribution in [0.2, 0.25) is 0 Å². The predicted molar refractivity (Wildman–Crippen MR) is 50.0 cm³/mol. The maximum Gasteiger partial charge on any atom is 0.292 e. The van der Waals surface area contributed by atoms with E-state index in [1.807, 2.05) is 0 Å². The van der Waals surface area contributed by atoms with Crippen LogP contribution in [-0.2, 0) is 5.54 Å². The minimum Gasteiger partial charge on any atom is -0.390 e. The normalized spacial score (nSPS) is 16.1. The molecule has 1 aromatic rings. The van der Waals surface area contributed by atoms with E-state index in [-0.39, 0.29) is 5.56 Å². The van der Waals surface area contributed by atoms with Crippen LogP contribution >= 0.6 is 0 Å². The van der Waals surface area contributed by atoms with E-state index >= 15 is 0 Å². The maximum atomic E-state index is 13.3. The molecule has 0 heterocycles. The second-order valence-electron chi connectivity index (χ2n) is 3.54. The average molecular weight is 219 g/mol. The Morgan fingerprint density at radius 1 is 1.33 bits per heavy atom. The van der Waals surface area contributed by atoms with Gasteiger partial charge in [-0.2, -0.15) is 0 Å². The molecule has 0 saturated heterocycles. The third-order valence-corrected chi connectivity index (χ3v) is 2.39. The van der Waals surface area contributed by atoms with Crippen molar-refractivity contribution in [2.24, 2.45) is 5.73 Å². The molecule has 5 heteroatoms. The highest BCUT2D eigenvalue weighted by molar-refractivity contribution is 5.27. The van der Waals surface area contributed by atoms with Gasteiger partial charge < -0.3 is 10.8 Å². The molecular formula is C10H12F3NO. The Bertz CT molecular complexity index is 352. The van der Waals surface area contributed by atoms with Crippen LogP contribution in [0, 0.1) is 5.82 Å². The summed E-state index contributed by atoms with van der Waals surface area (Å²) in [4.78, 5) is 0. The largest absolute Gasteiger partial charge is 0.390 e. The van der Waals surface area contributed by atoms with Gasteiger partial charge in [0.15, 0.2) is 0 Å². The predicted octanol–water partition coefficient (Wildman–Crippen LogP) is 1.63. The van der Waals surface area contributed by atoms with Crippen molar-refractivity contribution in [3.8, 4) is 0 Å². The zero-order valence-corrected chi connectivity index (χ0v) is 8.17. The van der Waals surface area contributed by atoms with Crippen molar-refractivity contribution in [1.29, 1.82) is 0 Å². The molecule has 84 valence electrons. The number of benzene rings is 1. The summed E-state index contributed by atoms with van der Waals surface area (Å²) < 4.78 is 39.8. The van der Waals surface area contributed by atoms with Gasteiger partial charge in [0.2, 0.25) is 0 Å². The van der Waals surface area contributed by atoms with Crippen LogP contribution in [0.15, 0.2) is 24.3 Å². The second-order valence-corrected chi connectivity index (χ2v) is 3.54.